The molecule has 0 saturated carbocycles. The second-order valence-electron chi connectivity index (χ2n) is 3.66. The highest BCUT2D eigenvalue weighted by molar-refractivity contribution is 5.23. The number of hydrogen-bond acceptors (Lipinski definition) is 6. The first-order chi connectivity index (χ1) is 7.61. The zero-order valence-electron chi connectivity index (χ0n) is 8.48. The molecule has 1 aromatic rings. The van der Waals surface area contributed by atoms with E-state index < -0.39 is 24.1 Å². The van der Waals surface area contributed by atoms with E-state index in [2.05, 4.69) is 4.98 Å². The minimum atomic E-state index is -0.778. The number of ether oxygens (including phenoxy) is 1. The Bertz CT molecular complexity index is 433. The molecule has 2 heterocycles. The predicted molar refractivity (Wildman–Crippen MR) is 54.5 cm³/mol. The van der Waals surface area contributed by atoms with Gasteiger partial charge in [-0.2, -0.15) is 4.98 Å². The van der Waals surface area contributed by atoms with Gasteiger partial charge in [-0.25, -0.2) is 4.79 Å². The van der Waals surface area contributed by atoms with Crippen LogP contribution in [0.2, 0.25) is 0 Å². The molecule has 88 valence electrons. The van der Waals surface area contributed by atoms with E-state index in [9.17, 15) is 9.90 Å². The third-order valence-corrected chi connectivity index (χ3v) is 2.55. The van der Waals surface area contributed by atoms with E-state index in [1.165, 1.54) is 16.8 Å². The molecule has 0 aromatic carbocycles. The summed E-state index contributed by atoms with van der Waals surface area (Å²) in [5, 5.41) is 18.4. The number of aliphatic hydroxyl groups excluding tert-OH is 2. The summed E-state index contributed by atoms with van der Waals surface area (Å²) < 4.78 is 6.56. The third-order valence-electron chi connectivity index (χ3n) is 2.55. The van der Waals surface area contributed by atoms with E-state index in [4.69, 9.17) is 15.6 Å². The van der Waals surface area contributed by atoms with Crippen LogP contribution in [0.4, 0.5) is 5.82 Å². The van der Waals surface area contributed by atoms with E-state index in [-0.39, 0.29) is 18.8 Å². The molecule has 1 fully saturated rings. The average Bonchev–Trinajstić information content (AvgIpc) is 2.59. The van der Waals surface area contributed by atoms with Crippen molar-refractivity contribution in [2.75, 3.05) is 12.3 Å². The van der Waals surface area contributed by atoms with E-state index in [1.54, 1.807) is 0 Å². The molecule has 4 N–H and O–H groups in total. The van der Waals surface area contributed by atoms with Gasteiger partial charge in [0.25, 0.3) is 0 Å². The van der Waals surface area contributed by atoms with Crippen LogP contribution in [0, 0.1) is 0 Å². The Morgan fingerprint density at radius 3 is 3.00 bits per heavy atom. The van der Waals surface area contributed by atoms with Crippen molar-refractivity contribution in [3.8, 4) is 0 Å². The monoisotopic (exact) mass is 227 g/mol. The van der Waals surface area contributed by atoms with Gasteiger partial charge in [0.15, 0.2) is 0 Å². The van der Waals surface area contributed by atoms with Crippen molar-refractivity contribution >= 4 is 5.82 Å². The number of nitrogens with two attached hydrogens (primary N) is 1. The standard InChI is InChI=1S/C9H13N3O4/c10-7-1-2-12(9(15)11-7)8-3-5(14)6(4-13)16-8/h1-2,5-6,8,13-14H,3-4H2,(H2,10,11,15)/t5-,6?,8+/m0/s1. The summed E-state index contributed by atoms with van der Waals surface area (Å²) >= 11 is 0. The molecule has 0 radical (unpaired) electrons. The Kier molecular flexibility index (Phi) is 2.90. The first kappa shape index (κ1) is 11.1. The van der Waals surface area contributed by atoms with Gasteiger partial charge >= 0.3 is 5.69 Å². The molecule has 1 unspecified atom stereocenters. The highest BCUT2D eigenvalue weighted by Gasteiger charge is 2.34. The first-order valence-corrected chi connectivity index (χ1v) is 4.91. The number of nitrogen functional groups attached to an aromatic ring is 1. The Morgan fingerprint density at radius 2 is 2.44 bits per heavy atom. The number of rotatable bonds is 2. The van der Waals surface area contributed by atoms with Crippen LogP contribution in [0.3, 0.4) is 0 Å². The van der Waals surface area contributed by atoms with Crippen LogP contribution in [0.25, 0.3) is 0 Å². The molecule has 3 atom stereocenters. The van der Waals surface area contributed by atoms with Crippen molar-refractivity contribution in [3.05, 3.63) is 22.7 Å². The highest BCUT2D eigenvalue weighted by Crippen LogP contribution is 2.27. The molecular formula is C9H13N3O4. The van der Waals surface area contributed by atoms with Crippen LogP contribution >= 0.6 is 0 Å². The second kappa shape index (κ2) is 4.20. The average molecular weight is 227 g/mol. The molecule has 1 aromatic heterocycles. The lowest BCUT2D eigenvalue weighted by Gasteiger charge is -2.13. The second-order valence-corrected chi connectivity index (χ2v) is 3.66. The fraction of sp³-hybridized carbons (Fsp3) is 0.556. The zero-order chi connectivity index (χ0) is 11.7. The van der Waals surface area contributed by atoms with E-state index in [0.717, 1.165) is 0 Å². The molecule has 0 bridgehead atoms. The molecular weight excluding hydrogens is 214 g/mol. The van der Waals surface area contributed by atoms with Crippen LogP contribution in [0.15, 0.2) is 17.1 Å². The van der Waals surface area contributed by atoms with Gasteiger partial charge in [0.2, 0.25) is 0 Å². The van der Waals surface area contributed by atoms with Crippen LogP contribution in [-0.2, 0) is 4.74 Å². The van der Waals surface area contributed by atoms with E-state index in [1.807, 2.05) is 0 Å². The van der Waals surface area contributed by atoms with Gasteiger partial charge in [-0.05, 0) is 6.07 Å². The maximum atomic E-state index is 11.5. The minimum Gasteiger partial charge on any atom is -0.394 e. The predicted octanol–water partition coefficient (Wildman–Crippen LogP) is -1.53. The largest absolute Gasteiger partial charge is 0.394 e. The maximum absolute atomic E-state index is 11.5. The third kappa shape index (κ3) is 1.92. The number of aliphatic hydroxyl groups is 2. The Labute approximate surface area is 91.1 Å². The summed E-state index contributed by atoms with van der Waals surface area (Å²) in [6.45, 7) is -0.283. The summed E-state index contributed by atoms with van der Waals surface area (Å²) in [5.74, 6) is 0.138. The fourth-order valence-corrected chi connectivity index (χ4v) is 1.70. The molecule has 1 aliphatic heterocycles. The molecule has 1 saturated heterocycles. The lowest BCUT2D eigenvalue weighted by Crippen LogP contribution is -2.27. The Hall–Kier alpha value is -1.44. The summed E-state index contributed by atoms with van der Waals surface area (Å²) in [7, 11) is 0. The highest BCUT2D eigenvalue weighted by atomic mass is 16.5. The maximum Gasteiger partial charge on any atom is 0.351 e. The molecule has 7 heteroatoms. The Morgan fingerprint density at radius 1 is 1.69 bits per heavy atom. The van der Waals surface area contributed by atoms with Crippen molar-refractivity contribution in [3.63, 3.8) is 0 Å². The number of nitrogens with zero attached hydrogens (tertiary/aromatic N) is 2. The van der Waals surface area contributed by atoms with Crippen molar-refractivity contribution in [1.29, 1.82) is 0 Å². The number of anilines is 1. The van der Waals surface area contributed by atoms with Gasteiger partial charge in [0.1, 0.15) is 18.1 Å². The van der Waals surface area contributed by atoms with Gasteiger partial charge in [-0.1, -0.05) is 0 Å². The summed E-state index contributed by atoms with van der Waals surface area (Å²) in [6, 6.07) is 1.48. The van der Waals surface area contributed by atoms with E-state index in [0.29, 0.717) is 0 Å². The van der Waals surface area contributed by atoms with Crippen molar-refractivity contribution in [2.24, 2.45) is 0 Å². The Balaban J connectivity index is 2.23. The summed E-state index contributed by atoms with van der Waals surface area (Å²) in [5.41, 5.74) is 4.82. The lowest BCUT2D eigenvalue weighted by atomic mass is 10.2. The molecule has 7 nitrogen and oxygen atoms in total. The smallest absolute Gasteiger partial charge is 0.351 e. The van der Waals surface area contributed by atoms with E-state index >= 15 is 0 Å². The van der Waals surface area contributed by atoms with Crippen LogP contribution in [-0.4, -0.2) is 38.6 Å². The molecule has 16 heavy (non-hydrogen) atoms. The fourth-order valence-electron chi connectivity index (χ4n) is 1.70. The summed E-state index contributed by atoms with van der Waals surface area (Å²) in [6.07, 6.45) is -0.333. The SMILES string of the molecule is Nc1ccn([C@H]2C[C@H](O)C(CO)O2)c(=O)n1. The van der Waals surface area contributed by atoms with Crippen LogP contribution < -0.4 is 11.4 Å². The van der Waals surface area contributed by atoms with Gasteiger partial charge in [-0.3, -0.25) is 4.57 Å². The molecule has 1 aliphatic rings. The summed E-state index contributed by atoms with van der Waals surface area (Å²) in [4.78, 5) is 15.0. The van der Waals surface area contributed by atoms with Crippen molar-refractivity contribution in [1.82, 2.24) is 9.55 Å². The van der Waals surface area contributed by atoms with Gasteiger partial charge in [0, 0.05) is 12.6 Å². The number of hydrogen-bond donors (Lipinski definition) is 3. The normalized spacial score (nSPS) is 29.5. The van der Waals surface area contributed by atoms with Gasteiger partial charge in [0.05, 0.1) is 12.7 Å². The van der Waals surface area contributed by atoms with Crippen molar-refractivity contribution < 1.29 is 14.9 Å². The quantitative estimate of drug-likeness (QED) is 0.565. The van der Waals surface area contributed by atoms with Crippen LogP contribution in [0.5, 0.6) is 0 Å². The molecule has 2 rings (SSSR count). The molecule has 0 spiro atoms. The topological polar surface area (TPSA) is 111 Å². The first-order valence-electron chi connectivity index (χ1n) is 4.91. The molecule has 0 amide bonds. The number of aromatic nitrogens is 2. The minimum absolute atomic E-state index is 0.138. The zero-order valence-corrected chi connectivity index (χ0v) is 8.48. The van der Waals surface area contributed by atoms with Crippen molar-refractivity contribution in [2.45, 2.75) is 24.9 Å². The van der Waals surface area contributed by atoms with Gasteiger partial charge in [-0.15, -0.1) is 0 Å². The van der Waals surface area contributed by atoms with Gasteiger partial charge < -0.3 is 20.7 Å². The molecule has 0 aliphatic carbocycles. The lowest BCUT2D eigenvalue weighted by molar-refractivity contribution is -0.0458. The van der Waals surface area contributed by atoms with Crippen LogP contribution in [0.1, 0.15) is 12.6 Å².